The van der Waals surface area contributed by atoms with Crippen molar-refractivity contribution in [2.45, 2.75) is 20.0 Å². The summed E-state index contributed by atoms with van der Waals surface area (Å²) in [6, 6.07) is 3.24. The van der Waals surface area contributed by atoms with E-state index in [2.05, 4.69) is 4.98 Å². The number of hydrogen-bond donors (Lipinski definition) is 1. The normalized spacial score (nSPS) is 10.4. The Morgan fingerprint density at radius 3 is 2.82 bits per heavy atom. The molecule has 0 fully saturated rings. The predicted molar refractivity (Wildman–Crippen MR) is 62.0 cm³/mol. The van der Waals surface area contributed by atoms with Gasteiger partial charge in [-0.3, -0.25) is 0 Å². The zero-order chi connectivity index (χ0) is 12.5. The molecule has 0 saturated carbocycles. The minimum Gasteiger partial charge on any atom is -0.477 e. The van der Waals surface area contributed by atoms with Gasteiger partial charge in [-0.1, -0.05) is 6.92 Å². The van der Waals surface area contributed by atoms with Crippen LogP contribution < -0.4 is 0 Å². The maximum Gasteiger partial charge on any atom is 0.354 e. The van der Waals surface area contributed by atoms with Crippen molar-refractivity contribution < 1.29 is 19.4 Å². The van der Waals surface area contributed by atoms with Crippen molar-refractivity contribution in [3.8, 4) is 0 Å². The highest BCUT2D eigenvalue weighted by Gasteiger charge is 2.04. The Hall–Kier alpha value is -1.46. The van der Waals surface area contributed by atoms with Crippen LogP contribution in [0.1, 0.15) is 29.4 Å². The zero-order valence-electron chi connectivity index (χ0n) is 9.89. The van der Waals surface area contributed by atoms with Crippen LogP contribution in [-0.4, -0.2) is 35.9 Å². The van der Waals surface area contributed by atoms with E-state index in [0.29, 0.717) is 19.8 Å². The Balaban J connectivity index is 2.27. The summed E-state index contributed by atoms with van der Waals surface area (Å²) in [6.45, 7) is 4.22. The fraction of sp³-hybridized carbons (Fsp3) is 0.500. The maximum atomic E-state index is 10.7. The van der Waals surface area contributed by atoms with E-state index in [1.54, 1.807) is 6.07 Å². The van der Waals surface area contributed by atoms with Crippen LogP contribution in [0.15, 0.2) is 18.3 Å². The van der Waals surface area contributed by atoms with Crippen molar-refractivity contribution in [2.75, 3.05) is 19.8 Å². The summed E-state index contributed by atoms with van der Waals surface area (Å²) in [5.74, 6) is -1.03. The molecule has 0 aliphatic heterocycles. The molecule has 0 aliphatic rings. The molecule has 0 saturated heterocycles. The first-order chi connectivity index (χ1) is 8.24. The molecule has 0 amide bonds. The number of hydrogen-bond acceptors (Lipinski definition) is 4. The number of rotatable bonds is 8. The van der Waals surface area contributed by atoms with Crippen molar-refractivity contribution in [1.82, 2.24) is 4.98 Å². The van der Waals surface area contributed by atoms with Gasteiger partial charge in [0.15, 0.2) is 0 Å². The standard InChI is InChI=1S/C12H17NO4/c1-2-5-16-6-7-17-9-10-3-4-13-11(8-10)12(14)15/h3-4,8H,2,5-7,9H2,1H3,(H,14,15). The summed E-state index contributed by atoms with van der Waals surface area (Å²) in [4.78, 5) is 14.4. The van der Waals surface area contributed by atoms with E-state index in [1.165, 1.54) is 12.3 Å². The lowest BCUT2D eigenvalue weighted by molar-refractivity contribution is 0.0407. The first kappa shape index (κ1) is 13.6. The SMILES string of the molecule is CCCOCCOCc1ccnc(C(=O)O)c1. The number of aromatic nitrogens is 1. The van der Waals surface area contributed by atoms with Crippen LogP contribution >= 0.6 is 0 Å². The number of nitrogens with zero attached hydrogens (tertiary/aromatic N) is 1. The Labute approximate surface area is 100 Å². The molecular weight excluding hydrogens is 222 g/mol. The molecule has 1 N–H and O–H groups in total. The number of carbonyl (C=O) groups is 1. The molecule has 1 aromatic rings. The van der Waals surface area contributed by atoms with Crippen molar-refractivity contribution in [3.63, 3.8) is 0 Å². The molecule has 0 spiro atoms. The van der Waals surface area contributed by atoms with Gasteiger partial charge in [-0.05, 0) is 24.1 Å². The predicted octanol–water partition coefficient (Wildman–Crippen LogP) is 1.72. The quantitative estimate of drug-likeness (QED) is 0.699. The maximum absolute atomic E-state index is 10.7. The highest BCUT2D eigenvalue weighted by Crippen LogP contribution is 2.03. The summed E-state index contributed by atoms with van der Waals surface area (Å²) in [7, 11) is 0. The van der Waals surface area contributed by atoms with Gasteiger partial charge in [0.2, 0.25) is 0 Å². The molecule has 0 atom stereocenters. The summed E-state index contributed by atoms with van der Waals surface area (Å²) in [6.07, 6.45) is 2.46. The van der Waals surface area contributed by atoms with Crippen molar-refractivity contribution in [3.05, 3.63) is 29.6 Å². The van der Waals surface area contributed by atoms with Crippen LogP contribution in [0.3, 0.4) is 0 Å². The molecule has 1 rings (SSSR count). The van der Waals surface area contributed by atoms with E-state index in [-0.39, 0.29) is 5.69 Å². The van der Waals surface area contributed by atoms with Gasteiger partial charge in [0.25, 0.3) is 0 Å². The number of carboxylic acid groups (broad SMARTS) is 1. The average Bonchev–Trinajstić information content (AvgIpc) is 2.34. The molecule has 94 valence electrons. The molecule has 1 aromatic heterocycles. The molecule has 0 aliphatic carbocycles. The largest absolute Gasteiger partial charge is 0.477 e. The Kier molecular flexibility index (Phi) is 6.21. The summed E-state index contributed by atoms with van der Waals surface area (Å²) < 4.78 is 10.6. The first-order valence-electron chi connectivity index (χ1n) is 5.57. The van der Waals surface area contributed by atoms with Crippen molar-refractivity contribution in [2.24, 2.45) is 0 Å². The smallest absolute Gasteiger partial charge is 0.354 e. The second-order valence-corrected chi connectivity index (χ2v) is 3.52. The zero-order valence-corrected chi connectivity index (χ0v) is 9.89. The molecule has 1 heterocycles. The van der Waals surface area contributed by atoms with Gasteiger partial charge in [-0.25, -0.2) is 9.78 Å². The molecule has 17 heavy (non-hydrogen) atoms. The number of ether oxygens (including phenoxy) is 2. The molecular formula is C12H17NO4. The second kappa shape index (κ2) is 7.76. The average molecular weight is 239 g/mol. The van der Waals surface area contributed by atoms with Gasteiger partial charge in [0.05, 0.1) is 19.8 Å². The lowest BCUT2D eigenvalue weighted by Gasteiger charge is -2.05. The Morgan fingerprint density at radius 2 is 2.12 bits per heavy atom. The van der Waals surface area contributed by atoms with Crippen LogP contribution in [-0.2, 0) is 16.1 Å². The van der Waals surface area contributed by atoms with Crippen LogP contribution in [0.2, 0.25) is 0 Å². The first-order valence-corrected chi connectivity index (χ1v) is 5.57. The van der Waals surface area contributed by atoms with E-state index < -0.39 is 5.97 Å². The highest BCUT2D eigenvalue weighted by atomic mass is 16.5. The third-order valence-corrected chi connectivity index (χ3v) is 2.03. The second-order valence-electron chi connectivity index (χ2n) is 3.52. The molecule has 0 aromatic carbocycles. The fourth-order valence-corrected chi connectivity index (χ4v) is 1.24. The van der Waals surface area contributed by atoms with Gasteiger partial charge < -0.3 is 14.6 Å². The van der Waals surface area contributed by atoms with Crippen molar-refractivity contribution >= 4 is 5.97 Å². The van der Waals surface area contributed by atoms with E-state index in [4.69, 9.17) is 14.6 Å². The van der Waals surface area contributed by atoms with Gasteiger partial charge in [0.1, 0.15) is 5.69 Å². The molecule has 0 bridgehead atoms. The van der Waals surface area contributed by atoms with Crippen molar-refractivity contribution in [1.29, 1.82) is 0 Å². The van der Waals surface area contributed by atoms with E-state index >= 15 is 0 Å². The van der Waals surface area contributed by atoms with E-state index in [9.17, 15) is 4.79 Å². The summed E-state index contributed by atoms with van der Waals surface area (Å²) in [5.41, 5.74) is 0.834. The fourth-order valence-electron chi connectivity index (χ4n) is 1.24. The van der Waals surface area contributed by atoms with E-state index in [0.717, 1.165) is 18.6 Å². The molecule has 5 heteroatoms. The molecule has 0 unspecified atom stereocenters. The number of pyridine rings is 1. The van der Waals surface area contributed by atoms with Crippen LogP contribution in [0.4, 0.5) is 0 Å². The van der Waals surface area contributed by atoms with Gasteiger partial charge in [0, 0.05) is 12.8 Å². The van der Waals surface area contributed by atoms with Crippen LogP contribution in [0, 0.1) is 0 Å². The van der Waals surface area contributed by atoms with Crippen LogP contribution in [0.5, 0.6) is 0 Å². The minimum absolute atomic E-state index is 0.0355. The third-order valence-electron chi connectivity index (χ3n) is 2.03. The van der Waals surface area contributed by atoms with Gasteiger partial charge in [-0.15, -0.1) is 0 Å². The summed E-state index contributed by atoms with van der Waals surface area (Å²) >= 11 is 0. The van der Waals surface area contributed by atoms with Gasteiger partial charge >= 0.3 is 5.97 Å². The topological polar surface area (TPSA) is 68.7 Å². The lowest BCUT2D eigenvalue weighted by atomic mass is 10.2. The lowest BCUT2D eigenvalue weighted by Crippen LogP contribution is -2.06. The minimum atomic E-state index is -1.03. The molecule has 5 nitrogen and oxygen atoms in total. The Morgan fingerprint density at radius 1 is 1.35 bits per heavy atom. The number of aromatic carboxylic acids is 1. The number of carboxylic acids is 1. The third kappa shape index (κ3) is 5.42. The highest BCUT2D eigenvalue weighted by molar-refractivity contribution is 5.85. The summed E-state index contributed by atoms with van der Waals surface area (Å²) in [5, 5.41) is 8.75. The molecule has 0 radical (unpaired) electrons. The Bertz CT molecular complexity index is 354. The van der Waals surface area contributed by atoms with Gasteiger partial charge in [-0.2, -0.15) is 0 Å². The van der Waals surface area contributed by atoms with E-state index in [1.807, 2.05) is 6.92 Å². The van der Waals surface area contributed by atoms with Crippen LogP contribution in [0.25, 0.3) is 0 Å². The monoisotopic (exact) mass is 239 g/mol.